The fourth-order valence-corrected chi connectivity index (χ4v) is 2.43. The number of carbonyl (C=O) groups excluding carboxylic acids is 2. The molecule has 0 saturated heterocycles. The van der Waals surface area contributed by atoms with Crippen molar-refractivity contribution in [2.45, 2.75) is 51.3 Å². The minimum absolute atomic E-state index is 0.113. The third-order valence-electron chi connectivity index (χ3n) is 3.96. The van der Waals surface area contributed by atoms with E-state index >= 15 is 0 Å². The van der Waals surface area contributed by atoms with Gasteiger partial charge in [-0.05, 0) is 43.9 Å². The van der Waals surface area contributed by atoms with Crippen molar-refractivity contribution in [3.8, 4) is 5.75 Å². The third kappa shape index (κ3) is 3.16. The smallest absolute Gasteiger partial charge is 0.315 e. The molecule has 1 aromatic rings. The molecule has 0 unspecified atom stereocenters. The van der Waals surface area contributed by atoms with E-state index in [-0.39, 0.29) is 18.0 Å². The van der Waals surface area contributed by atoms with Crippen LogP contribution in [0, 0.1) is 0 Å². The number of nitrogens with one attached hydrogen (secondary N) is 3. The largest absolute Gasteiger partial charge is 0.478 e. The van der Waals surface area contributed by atoms with Gasteiger partial charge in [0.05, 0.1) is 11.7 Å². The quantitative estimate of drug-likeness (QED) is 0.798. The minimum atomic E-state index is -0.454. The molecule has 1 aliphatic carbocycles. The van der Waals surface area contributed by atoms with Crippen LogP contribution < -0.4 is 20.7 Å². The van der Waals surface area contributed by atoms with Gasteiger partial charge >= 0.3 is 6.03 Å². The van der Waals surface area contributed by atoms with Crippen LogP contribution in [0.5, 0.6) is 5.75 Å². The molecule has 0 aromatic heterocycles. The average molecular weight is 303 g/mol. The molecule has 2 atom stereocenters. The molecule has 3 N–H and O–H groups in total. The second-order valence-electron chi connectivity index (χ2n) is 5.87. The van der Waals surface area contributed by atoms with Crippen LogP contribution in [0.25, 0.3) is 0 Å². The van der Waals surface area contributed by atoms with Crippen molar-refractivity contribution in [3.63, 3.8) is 0 Å². The van der Waals surface area contributed by atoms with Crippen LogP contribution >= 0.6 is 0 Å². The lowest BCUT2D eigenvalue weighted by molar-refractivity contribution is -0.123. The lowest BCUT2D eigenvalue weighted by atomic mass is 10.1. The Labute approximate surface area is 129 Å². The van der Waals surface area contributed by atoms with Crippen LogP contribution in [0.3, 0.4) is 0 Å². The first-order valence-corrected chi connectivity index (χ1v) is 7.75. The Morgan fingerprint density at radius 2 is 2.23 bits per heavy atom. The van der Waals surface area contributed by atoms with E-state index in [1.807, 2.05) is 32.0 Å². The summed E-state index contributed by atoms with van der Waals surface area (Å²) in [6.07, 6.45) is 2.29. The Morgan fingerprint density at radius 3 is 2.91 bits per heavy atom. The number of rotatable bonds is 4. The second-order valence-corrected chi connectivity index (χ2v) is 5.87. The molecular formula is C16H21N3O3. The van der Waals surface area contributed by atoms with Crippen LogP contribution in [0.15, 0.2) is 18.2 Å². The molecule has 3 rings (SSSR count). The van der Waals surface area contributed by atoms with Gasteiger partial charge < -0.3 is 20.7 Å². The highest BCUT2D eigenvalue weighted by Crippen LogP contribution is 2.33. The number of hydrogen-bond donors (Lipinski definition) is 3. The monoisotopic (exact) mass is 303 g/mol. The highest BCUT2D eigenvalue weighted by molar-refractivity contribution is 5.97. The van der Waals surface area contributed by atoms with E-state index in [1.54, 1.807) is 0 Å². The fraction of sp³-hybridized carbons (Fsp3) is 0.500. The molecule has 3 amide bonds. The van der Waals surface area contributed by atoms with Gasteiger partial charge in [-0.2, -0.15) is 0 Å². The van der Waals surface area contributed by atoms with Gasteiger partial charge in [-0.15, -0.1) is 0 Å². The van der Waals surface area contributed by atoms with Crippen molar-refractivity contribution >= 4 is 17.6 Å². The standard InChI is InChI=1S/C16H21N3O3/c1-3-13-15(20)19-12-7-4-10(8-14(12)22-13)9(2)17-16(21)18-11-5-6-11/h4,7-9,11,13H,3,5-6H2,1-2H3,(H,19,20)(H2,17,18,21)/t9-,13-/m1/s1. The normalized spacial score (nSPS) is 21.2. The lowest BCUT2D eigenvalue weighted by Crippen LogP contribution is -2.38. The van der Waals surface area contributed by atoms with Gasteiger partial charge in [0.2, 0.25) is 0 Å². The van der Waals surface area contributed by atoms with Gasteiger partial charge in [0.15, 0.2) is 6.10 Å². The van der Waals surface area contributed by atoms with E-state index in [0.29, 0.717) is 23.9 Å². The zero-order valence-electron chi connectivity index (χ0n) is 12.8. The molecule has 0 bridgehead atoms. The van der Waals surface area contributed by atoms with E-state index in [2.05, 4.69) is 16.0 Å². The van der Waals surface area contributed by atoms with Crippen LogP contribution in [-0.4, -0.2) is 24.1 Å². The minimum Gasteiger partial charge on any atom is -0.478 e. The van der Waals surface area contributed by atoms with E-state index < -0.39 is 6.10 Å². The molecule has 118 valence electrons. The van der Waals surface area contributed by atoms with Crippen LogP contribution in [-0.2, 0) is 4.79 Å². The maximum Gasteiger partial charge on any atom is 0.315 e. The van der Waals surface area contributed by atoms with Crippen molar-refractivity contribution in [1.82, 2.24) is 10.6 Å². The predicted octanol–water partition coefficient (Wildman–Crippen LogP) is 2.32. The summed E-state index contributed by atoms with van der Waals surface area (Å²) in [5.41, 5.74) is 1.61. The van der Waals surface area contributed by atoms with Gasteiger partial charge in [-0.25, -0.2) is 4.79 Å². The summed E-state index contributed by atoms with van der Waals surface area (Å²) in [4.78, 5) is 23.6. The van der Waals surface area contributed by atoms with Gasteiger partial charge in [0.25, 0.3) is 5.91 Å². The first-order chi connectivity index (χ1) is 10.6. The summed E-state index contributed by atoms with van der Waals surface area (Å²) in [6, 6.07) is 5.63. The number of amides is 3. The highest BCUT2D eigenvalue weighted by Gasteiger charge is 2.27. The molecular weight excluding hydrogens is 282 g/mol. The van der Waals surface area contributed by atoms with Crippen LogP contribution in [0.4, 0.5) is 10.5 Å². The third-order valence-corrected chi connectivity index (χ3v) is 3.96. The number of anilines is 1. The lowest BCUT2D eigenvalue weighted by Gasteiger charge is -2.26. The molecule has 6 nitrogen and oxygen atoms in total. The average Bonchev–Trinajstić information content (AvgIpc) is 3.29. The van der Waals surface area contributed by atoms with Gasteiger partial charge in [0.1, 0.15) is 5.75 Å². The summed E-state index contributed by atoms with van der Waals surface area (Å²) in [5, 5.41) is 8.65. The SMILES string of the molecule is CC[C@H]1Oc2cc([C@@H](C)NC(=O)NC3CC3)ccc2NC1=O. The molecule has 1 aliphatic heterocycles. The Balaban J connectivity index is 1.69. The maximum atomic E-state index is 11.8. The Hall–Kier alpha value is -2.24. The molecule has 1 aromatic carbocycles. The van der Waals surface area contributed by atoms with Crippen molar-refractivity contribution < 1.29 is 14.3 Å². The molecule has 1 heterocycles. The maximum absolute atomic E-state index is 11.8. The summed E-state index contributed by atoms with van der Waals surface area (Å²) in [5.74, 6) is 0.540. The van der Waals surface area contributed by atoms with Crippen molar-refractivity contribution in [2.75, 3.05) is 5.32 Å². The summed E-state index contributed by atoms with van der Waals surface area (Å²) in [7, 11) is 0. The Bertz CT molecular complexity index is 598. The summed E-state index contributed by atoms with van der Waals surface area (Å²) in [6.45, 7) is 3.83. The number of carbonyl (C=O) groups is 2. The summed E-state index contributed by atoms with van der Waals surface area (Å²) < 4.78 is 5.72. The van der Waals surface area contributed by atoms with Crippen molar-refractivity contribution in [3.05, 3.63) is 23.8 Å². The highest BCUT2D eigenvalue weighted by atomic mass is 16.5. The van der Waals surface area contributed by atoms with Crippen molar-refractivity contribution in [2.24, 2.45) is 0 Å². The van der Waals surface area contributed by atoms with E-state index in [1.165, 1.54) is 0 Å². The zero-order chi connectivity index (χ0) is 15.7. The van der Waals surface area contributed by atoms with Crippen LogP contribution in [0.1, 0.15) is 44.7 Å². The molecule has 1 fully saturated rings. The topological polar surface area (TPSA) is 79.5 Å². The second kappa shape index (κ2) is 5.87. The van der Waals surface area contributed by atoms with Gasteiger partial charge in [-0.3, -0.25) is 4.79 Å². The van der Waals surface area contributed by atoms with Gasteiger partial charge in [0, 0.05) is 6.04 Å². The number of benzene rings is 1. The van der Waals surface area contributed by atoms with Crippen LogP contribution in [0.2, 0.25) is 0 Å². The van der Waals surface area contributed by atoms with Crippen molar-refractivity contribution in [1.29, 1.82) is 0 Å². The van der Waals surface area contributed by atoms with E-state index in [9.17, 15) is 9.59 Å². The Morgan fingerprint density at radius 1 is 1.45 bits per heavy atom. The van der Waals surface area contributed by atoms with E-state index in [4.69, 9.17) is 4.74 Å². The van der Waals surface area contributed by atoms with Gasteiger partial charge in [-0.1, -0.05) is 13.0 Å². The molecule has 22 heavy (non-hydrogen) atoms. The molecule has 0 spiro atoms. The predicted molar refractivity (Wildman–Crippen MR) is 82.9 cm³/mol. The molecule has 0 radical (unpaired) electrons. The first-order valence-electron chi connectivity index (χ1n) is 7.75. The number of ether oxygens (including phenoxy) is 1. The first kappa shape index (κ1) is 14.7. The zero-order valence-corrected chi connectivity index (χ0v) is 12.8. The molecule has 1 saturated carbocycles. The number of hydrogen-bond acceptors (Lipinski definition) is 3. The molecule has 6 heteroatoms. The Kier molecular flexibility index (Phi) is 3.92. The number of fused-ring (bicyclic) bond motifs is 1. The van der Waals surface area contributed by atoms with E-state index in [0.717, 1.165) is 18.4 Å². The summed E-state index contributed by atoms with van der Waals surface area (Å²) >= 11 is 0. The number of urea groups is 1. The molecule has 2 aliphatic rings. The fourth-order valence-electron chi connectivity index (χ4n) is 2.43.